The van der Waals surface area contributed by atoms with E-state index in [4.69, 9.17) is 0 Å². The Morgan fingerprint density at radius 1 is 0.462 bits per heavy atom. The van der Waals surface area contributed by atoms with Crippen molar-refractivity contribution in [1.82, 2.24) is 0 Å². The van der Waals surface area contributed by atoms with Crippen LogP contribution in [-0.2, 0) is 0 Å². The van der Waals surface area contributed by atoms with E-state index in [0.29, 0.717) is 0 Å². The zero-order valence-electron chi connectivity index (χ0n) is 15.8. The van der Waals surface area contributed by atoms with E-state index in [1.807, 2.05) is 0 Å². The molecular weight excluding hydrogens is 312 g/mol. The lowest BCUT2D eigenvalue weighted by Gasteiger charge is -2.04. The average Bonchev–Trinajstić information content (AvgIpc) is 2.63. The summed E-state index contributed by atoms with van der Waals surface area (Å²) in [4.78, 5) is 0. The van der Waals surface area contributed by atoms with Crippen molar-refractivity contribution in [3.05, 3.63) is 105 Å². The molecule has 0 N–H and O–H groups in total. The molecule has 0 amide bonds. The molecule has 0 aliphatic carbocycles. The number of rotatable bonds is 0. The van der Waals surface area contributed by atoms with Gasteiger partial charge in [-0.3, -0.25) is 0 Å². The average molecular weight is 334 g/mol. The van der Waals surface area contributed by atoms with Gasteiger partial charge < -0.3 is 0 Å². The minimum Gasteiger partial charge on any atom is -0.0616 e. The van der Waals surface area contributed by atoms with Crippen LogP contribution in [0.1, 0.15) is 44.5 Å². The lowest BCUT2D eigenvalue weighted by Crippen LogP contribution is -1.90. The summed E-state index contributed by atoms with van der Waals surface area (Å²) in [5, 5.41) is 0. The van der Waals surface area contributed by atoms with Gasteiger partial charge in [-0.05, 0) is 75.2 Å². The SMILES string of the molecule is Cc1ccc(C#Cc2cc(C)c(C#Cc3ccc(C)cc3)cc2C)cc1. The Morgan fingerprint density at radius 2 is 0.808 bits per heavy atom. The Kier molecular flexibility index (Phi) is 5.26. The van der Waals surface area contributed by atoms with Crippen LogP contribution >= 0.6 is 0 Å². The van der Waals surface area contributed by atoms with Crippen molar-refractivity contribution in [2.45, 2.75) is 27.7 Å². The Bertz CT molecular complexity index is 952. The van der Waals surface area contributed by atoms with Gasteiger partial charge in [0.25, 0.3) is 0 Å². The number of hydrogen-bond donors (Lipinski definition) is 0. The van der Waals surface area contributed by atoms with Crippen molar-refractivity contribution in [2.75, 3.05) is 0 Å². The molecule has 0 saturated heterocycles. The fourth-order valence-corrected chi connectivity index (χ4v) is 2.64. The maximum absolute atomic E-state index is 3.30. The molecule has 0 unspecified atom stereocenters. The molecule has 3 rings (SSSR count). The van der Waals surface area contributed by atoms with Gasteiger partial charge in [-0.25, -0.2) is 0 Å². The third kappa shape index (κ3) is 4.44. The number of hydrogen-bond acceptors (Lipinski definition) is 0. The van der Waals surface area contributed by atoms with Crippen molar-refractivity contribution in [2.24, 2.45) is 0 Å². The normalized spacial score (nSPS) is 9.69. The third-order valence-corrected chi connectivity index (χ3v) is 4.36. The van der Waals surface area contributed by atoms with Gasteiger partial charge >= 0.3 is 0 Å². The third-order valence-electron chi connectivity index (χ3n) is 4.36. The summed E-state index contributed by atoms with van der Waals surface area (Å²) >= 11 is 0. The lowest BCUT2D eigenvalue weighted by molar-refractivity contribution is 1.35. The predicted octanol–water partition coefficient (Wildman–Crippen LogP) is 5.72. The van der Waals surface area contributed by atoms with Crippen molar-refractivity contribution < 1.29 is 0 Å². The van der Waals surface area contributed by atoms with Crippen molar-refractivity contribution in [1.29, 1.82) is 0 Å². The van der Waals surface area contributed by atoms with Crippen LogP contribution < -0.4 is 0 Å². The fourth-order valence-electron chi connectivity index (χ4n) is 2.64. The van der Waals surface area contributed by atoms with Crippen LogP contribution in [0.5, 0.6) is 0 Å². The van der Waals surface area contributed by atoms with Crippen LogP contribution in [0.2, 0.25) is 0 Å². The standard InChI is InChI=1S/C26H22/c1-19-5-9-23(10-6-19)13-15-25-17-22(4)26(18-21(25)3)16-14-24-11-7-20(2)8-12-24/h5-12,17-18H,1-4H3. The first-order valence-electron chi connectivity index (χ1n) is 8.80. The summed E-state index contributed by atoms with van der Waals surface area (Å²) in [6.07, 6.45) is 0. The maximum Gasteiger partial charge on any atom is 0.0281 e. The van der Waals surface area contributed by atoms with E-state index in [1.165, 1.54) is 11.1 Å². The number of aryl methyl sites for hydroxylation is 4. The Balaban J connectivity index is 1.87. The molecule has 0 aliphatic heterocycles. The topological polar surface area (TPSA) is 0 Å². The van der Waals surface area contributed by atoms with Gasteiger partial charge in [-0.2, -0.15) is 0 Å². The highest BCUT2D eigenvalue weighted by atomic mass is 14.0. The van der Waals surface area contributed by atoms with Crippen molar-refractivity contribution in [3.8, 4) is 23.7 Å². The molecule has 3 aromatic rings. The first-order valence-corrected chi connectivity index (χ1v) is 8.80. The maximum atomic E-state index is 3.30. The van der Waals surface area contributed by atoms with Gasteiger partial charge in [-0.1, -0.05) is 59.1 Å². The summed E-state index contributed by atoms with van der Waals surface area (Å²) in [5.41, 5.74) is 9.00. The highest BCUT2D eigenvalue weighted by Crippen LogP contribution is 2.15. The first kappa shape index (κ1) is 17.6. The van der Waals surface area contributed by atoms with Crippen LogP contribution in [0, 0.1) is 51.4 Å². The highest BCUT2D eigenvalue weighted by molar-refractivity contribution is 5.54. The van der Waals surface area contributed by atoms with Crippen LogP contribution in [0.3, 0.4) is 0 Å². The second-order valence-corrected chi connectivity index (χ2v) is 6.71. The molecule has 0 bridgehead atoms. The van der Waals surface area contributed by atoms with E-state index in [0.717, 1.165) is 33.4 Å². The first-order chi connectivity index (χ1) is 12.5. The largest absolute Gasteiger partial charge is 0.0616 e. The Morgan fingerprint density at radius 3 is 1.15 bits per heavy atom. The van der Waals surface area contributed by atoms with E-state index in [2.05, 4.69) is 112 Å². The second kappa shape index (κ2) is 7.77. The Hall–Kier alpha value is -3.22. The smallest absolute Gasteiger partial charge is 0.0281 e. The van der Waals surface area contributed by atoms with E-state index < -0.39 is 0 Å². The summed E-state index contributed by atoms with van der Waals surface area (Å²) < 4.78 is 0. The van der Waals surface area contributed by atoms with E-state index >= 15 is 0 Å². The molecular formula is C26H22. The summed E-state index contributed by atoms with van der Waals surface area (Å²) in [6, 6.07) is 20.9. The molecule has 3 aromatic carbocycles. The molecule has 26 heavy (non-hydrogen) atoms. The van der Waals surface area contributed by atoms with E-state index in [1.54, 1.807) is 0 Å². The molecule has 126 valence electrons. The van der Waals surface area contributed by atoms with Crippen LogP contribution in [0.25, 0.3) is 0 Å². The van der Waals surface area contributed by atoms with Gasteiger partial charge in [0.15, 0.2) is 0 Å². The van der Waals surface area contributed by atoms with Crippen LogP contribution in [0.15, 0.2) is 60.7 Å². The molecule has 0 heterocycles. The zero-order chi connectivity index (χ0) is 18.5. The van der Waals surface area contributed by atoms with Gasteiger partial charge in [0, 0.05) is 22.3 Å². The Labute approximate surface area is 156 Å². The number of benzene rings is 3. The van der Waals surface area contributed by atoms with Gasteiger partial charge in [-0.15, -0.1) is 0 Å². The molecule has 0 spiro atoms. The fraction of sp³-hybridized carbons (Fsp3) is 0.154. The predicted molar refractivity (Wildman–Crippen MR) is 110 cm³/mol. The summed E-state index contributed by atoms with van der Waals surface area (Å²) in [6.45, 7) is 8.35. The molecule has 0 atom stereocenters. The molecule has 0 saturated carbocycles. The molecule has 0 heteroatoms. The van der Waals surface area contributed by atoms with Crippen LogP contribution in [0.4, 0.5) is 0 Å². The zero-order valence-corrected chi connectivity index (χ0v) is 15.8. The lowest BCUT2D eigenvalue weighted by atomic mass is 9.99. The minimum absolute atomic E-state index is 1.04. The molecule has 0 aliphatic rings. The van der Waals surface area contributed by atoms with E-state index in [-0.39, 0.29) is 0 Å². The molecule has 0 fully saturated rings. The van der Waals surface area contributed by atoms with Gasteiger partial charge in [0.1, 0.15) is 0 Å². The van der Waals surface area contributed by atoms with Crippen molar-refractivity contribution >= 4 is 0 Å². The minimum atomic E-state index is 1.04. The van der Waals surface area contributed by atoms with Crippen molar-refractivity contribution in [3.63, 3.8) is 0 Å². The second-order valence-electron chi connectivity index (χ2n) is 6.71. The van der Waals surface area contributed by atoms with Gasteiger partial charge in [0.05, 0.1) is 0 Å². The van der Waals surface area contributed by atoms with Crippen LogP contribution in [-0.4, -0.2) is 0 Å². The molecule has 0 aromatic heterocycles. The highest BCUT2D eigenvalue weighted by Gasteiger charge is 2.01. The van der Waals surface area contributed by atoms with E-state index in [9.17, 15) is 0 Å². The molecule has 0 radical (unpaired) electrons. The van der Waals surface area contributed by atoms with Gasteiger partial charge in [0.2, 0.25) is 0 Å². The summed E-state index contributed by atoms with van der Waals surface area (Å²) in [7, 11) is 0. The summed E-state index contributed by atoms with van der Waals surface area (Å²) in [5.74, 6) is 13.1. The quantitative estimate of drug-likeness (QED) is 0.461. The monoisotopic (exact) mass is 334 g/mol. The molecule has 0 nitrogen and oxygen atoms in total.